The van der Waals surface area contributed by atoms with Gasteiger partial charge in [0.05, 0.1) is 0 Å². The van der Waals surface area contributed by atoms with Crippen molar-refractivity contribution in [2.24, 2.45) is 5.73 Å². The number of halogens is 2. The number of benzene rings is 1. The lowest BCUT2D eigenvalue weighted by molar-refractivity contribution is 0.524. The second-order valence-electron chi connectivity index (χ2n) is 3.31. The first-order chi connectivity index (χ1) is 7.29. The molecule has 0 amide bonds. The minimum atomic E-state index is 0. The Bertz CT molecular complexity index is 437. The van der Waals surface area contributed by atoms with E-state index in [-0.39, 0.29) is 12.4 Å². The first-order valence-electron chi connectivity index (χ1n) is 4.84. The summed E-state index contributed by atoms with van der Waals surface area (Å²) < 4.78 is 5.63. The van der Waals surface area contributed by atoms with E-state index in [1.54, 1.807) is 0 Å². The van der Waals surface area contributed by atoms with Crippen molar-refractivity contribution in [1.82, 2.24) is 0 Å². The van der Waals surface area contributed by atoms with Gasteiger partial charge in [0, 0.05) is 17.0 Å². The van der Waals surface area contributed by atoms with Gasteiger partial charge in [-0.25, -0.2) is 0 Å². The van der Waals surface area contributed by atoms with Crippen LogP contribution in [0.1, 0.15) is 5.76 Å². The Hall–Kier alpha value is -0.960. The number of furan rings is 1. The summed E-state index contributed by atoms with van der Waals surface area (Å²) in [5.74, 6) is 1.78. The molecule has 0 saturated heterocycles. The third kappa shape index (κ3) is 3.01. The van der Waals surface area contributed by atoms with Crippen LogP contribution in [0.2, 0.25) is 5.02 Å². The molecule has 1 aromatic carbocycles. The summed E-state index contributed by atoms with van der Waals surface area (Å²) in [4.78, 5) is 0. The van der Waals surface area contributed by atoms with Crippen LogP contribution in [0, 0.1) is 0 Å². The summed E-state index contributed by atoms with van der Waals surface area (Å²) >= 11 is 5.81. The van der Waals surface area contributed by atoms with Gasteiger partial charge >= 0.3 is 0 Å². The van der Waals surface area contributed by atoms with Gasteiger partial charge in [-0.3, -0.25) is 0 Å². The molecule has 16 heavy (non-hydrogen) atoms. The molecule has 0 aliphatic heterocycles. The van der Waals surface area contributed by atoms with Gasteiger partial charge in [0.2, 0.25) is 0 Å². The fourth-order valence-electron chi connectivity index (χ4n) is 1.42. The van der Waals surface area contributed by atoms with Crippen LogP contribution in [-0.4, -0.2) is 6.54 Å². The van der Waals surface area contributed by atoms with Crippen LogP contribution in [0.25, 0.3) is 11.3 Å². The van der Waals surface area contributed by atoms with E-state index in [1.165, 1.54) is 0 Å². The lowest BCUT2D eigenvalue weighted by atomic mass is 10.2. The number of nitrogens with two attached hydrogens (primary N) is 1. The second-order valence-corrected chi connectivity index (χ2v) is 3.75. The number of rotatable bonds is 3. The average molecular weight is 258 g/mol. The van der Waals surface area contributed by atoms with Crippen LogP contribution >= 0.6 is 24.0 Å². The Balaban J connectivity index is 0.00000128. The maximum absolute atomic E-state index is 5.81. The second kappa shape index (κ2) is 5.94. The van der Waals surface area contributed by atoms with Crippen LogP contribution in [-0.2, 0) is 6.42 Å². The maximum Gasteiger partial charge on any atom is 0.134 e. The zero-order valence-electron chi connectivity index (χ0n) is 8.65. The van der Waals surface area contributed by atoms with Gasteiger partial charge in [-0.2, -0.15) is 0 Å². The SMILES string of the molecule is Cl.NCCc1ccc(-c2ccc(Cl)cc2)o1. The molecule has 0 saturated carbocycles. The summed E-state index contributed by atoms with van der Waals surface area (Å²) in [6, 6.07) is 11.5. The van der Waals surface area contributed by atoms with Crippen LogP contribution in [0.5, 0.6) is 0 Å². The molecule has 0 aliphatic carbocycles. The van der Waals surface area contributed by atoms with Crippen LogP contribution in [0.3, 0.4) is 0 Å². The van der Waals surface area contributed by atoms with E-state index in [0.717, 1.165) is 28.5 Å². The Morgan fingerprint density at radius 3 is 2.38 bits per heavy atom. The van der Waals surface area contributed by atoms with Gasteiger partial charge in [-0.15, -0.1) is 12.4 Å². The molecule has 1 aromatic heterocycles. The summed E-state index contributed by atoms with van der Waals surface area (Å²) in [7, 11) is 0. The Morgan fingerprint density at radius 1 is 1.06 bits per heavy atom. The lowest BCUT2D eigenvalue weighted by Crippen LogP contribution is -2.01. The van der Waals surface area contributed by atoms with Crippen molar-refractivity contribution in [3.63, 3.8) is 0 Å². The summed E-state index contributed by atoms with van der Waals surface area (Å²) in [5.41, 5.74) is 6.48. The standard InChI is InChI=1S/C12H12ClNO.ClH/c13-10-3-1-9(2-4-10)12-6-5-11(15-12)7-8-14;/h1-6H,7-8,14H2;1H. The van der Waals surface area contributed by atoms with Crippen molar-refractivity contribution >= 4 is 24.0 Å². The average Bonchev–Trinajstić information content (AvgIpc) is 2.68. The van der Waals surface area contributed by atoms with E-state index < -0.39 is 0 Å². The molecule has 0 atom stereocenters. The highest BCUT2D eigenvalue weighted by molar-refractivity contribution is 6.30. The quantitative estimate of drug-likeness (QED) is 0.914. The minimum absolute atomic E-state index is 0. The van der Waals surface area contributed by atoms with Crippen LogP contribution < -0.4 is 5.73 Å². The first kappa shape index (κ1) is 13.1. The van der Waals surface area contributed by atoms with E-state index in [9.17, 15) is 0 Å². The highest BCUT2D eigenvalue weighted by atomic mass is 35.5. The molecule has 0 unspecified atom stereocenters. The summed E-state index contributed by atoms with van der Waals surface area (Å²) in [6.45, 7) is 0.605. The van der Waals surface area contributed by atoms with Gasteiger partial charge in [0.1, 0.15) is 11.5 Å². The molecule has 2 nitrogen and oxygen atoms in total. The summed E-state index contributed by atoms with van der Waals surface area (Å²) in [6.07, 6.45) is 0.771. The third-order valence-corrected chi connectivity index (χ3v) is 2.43. The Labute approximate surface area is 106 Å². The van der Waals surface area contributed by atoms with Crippen LogP contribution in [0.4, 0.5) is 0 Å². The molecule has 0 bridgehead atoms. The van der Waals surface area contributed by atoms with Gasteiger partial charge in [-0.1, -0.05) is 11.6 Å². The van der Waals surface area contributed by atoms with E-state index in [4.69, 9.17) is 21.8 Å². The van der Waals surface area contributed by atoms with E-state index in [2.05, 4.69) is 0 Å². The highest BCUT2D eigenvalue weighted by Gasteiger charge is 2.03. The molecule has 1 heterocycles. The topological polar surface area (TPSA) is 39.2 Å². The lowest BCUT2D eigenvalue weighted by Gasteiger charge is -1.97. The molecule has 0 aliphatic rings. The smallest absolute Gasteiger partial charge is 0.134 e. The fraction of sp³-hybridized carbons (Fsp3) is 0.167. The minimum Gasteiger partial charge on any atom is -0.461 e. The van der Waals surface area contributed by atoms with Crippen molar-refractivity contribution in [2.45, 2.75) is 6.42 Å². The third-order valence-electron chi connectivity index (χ3n) is 2.18. The molecule has 86 valence electrons. The van der Waals surface area contributed by atoms with Gasteiger partial charge < -0.3 is 10.2 Å². The van der Waals surface area contributed by atoms with Gasteiger partial charge in [0.25, 0.3) is 0 Å². The molecule has 0 spiro atoms. The van der Waals surface area contributed by atoms with Crippen molar-refractivity contribution < 1.29 is 4.42 Å². The van der Waals surface area contributed by atoms with Crippen molar-refractivity contribution in [3.05, 3.63) is 47.2 Å². The molecule has 2 N–H and O–H groups in total. The maximum atomic E-state index is 5.81. The zero-order chi connectivity index (χ0) is 10.7. The van der Waals surface area contributed by atoms with Gasteiger partial charge in [-0.05, 0) is 42.9 Å². The number of hydrogen-bond donors (Lipinski definition) is 1. The Kier molecular flexibility index (Phi) is 4.87. The first-order valence-corrected chi connectivity index (χ1v) is 5.22. The molecule has 2 rings (SSSR count). The van der Waals surface area contributed by atoms with Crippen molar-refractivity contribution in [2.75, 3.05) is 6.54 Å². The van der Waals surface area contributed by atoms with Gasteiger partial charge in [0.15, 0.2) is 0 Å². The van der Waals surface area contributed by atoms with E-state index in [0.29, 0.717) is 6.54 Å². The fourth-order valence-corrected chi connectivity index (χ4v) is 1.55. The summed E-state index contributed by atoms with van der Waals surface area (Å²) in [5, 5.41) is 0.729. The predicted molar refractivity (Wildman–Crippen MR) is 69.2 cm³/mol. The molecule has 0 radical (unpaired) electrons. The molecular weight excluding hydrogens is 245 g/mol. The van der Waals surface area contributed by atoms with E-state index >= 15 is 0 Å². The Morgan fingerprint density at radius 2 is 1.75 bits per heavy atom. The normalized spacial score (nSPS) is 9.88. The van der Waals surface area contributed by atoms with E-state index in [1.807, 2.05) is 36.4 Å². The van der Waals surface area contributed by atoms with Crippen molar-refractivity contribution in [1.29, 1.82) is 0 Å². The predicted octanol–water partition coefficient (Wildman–Crippen LogP) is 3.52. The number of hydrogen-bond acceptors (Lipinski definition) is 2. The van der Waals surface area contributed by atoms with Crippen molar-refractivity contribution in [3.8, 4) is 11.3 Å². The molecular formula is C12H13Cl2NO. The molecule has 4 heteroatoms. The van der Waals surface area contributed by atoms with Crippen LogP contribution in [0.15, 0.2) is 40.8 Å². The monoisotopic (exact) mass is 257 g/mol. The highest BCUT2D eigenvalue weighted by Crippen LogP contribution is 2.23. The molecule has 0 fully saturated rings. The molecule has 2 aromatic rings. The zero-order valence-corrected chi connectivity index (χ0v) is 10.2. The largest absolute Gasteiger partial charge is 0.461 e.